The molecule has 3 amide bonds. The van der Waals surface area contributed by atoms with E-state index in [0.717, 1.165) is 25.8 Å². The SMILES string of the molecule is O=C(CC1CCCCN1)Nc1ccc2c(c1)C(=O)NC2=O. The van der Waals surface area contributed by atoms with E-state index in [1.165, 1.54) is 0 Å². The largest absolute Gasteiger partial charge is 0.326 e. The van der Waals surface area contributed by atoms with Gasteiger partial charge < -0.3 is 10.6 Å². The lowest BCUT2D eigenvalue weighted by molar-refractivity contribution is -0.116. The van der Waals surface area contributed by atoms with Crippen molar-refractivity contribution < 1.29 is 14.4 Å². The van der Waals surface area contributed by atoms with Crippen LogP contribution in [0.15, 0.2) is 18.2 Å². The number of nitrogens with one attached hydrogen (secondary N) is 3. The molecule has 6 nitrogen and oxygen atoms in total. The highest BCUT2D eigenvalue weighted by Crippen LogP contribution is 2.20. The molecule has 2 aliphatic rings. The van der Waals surface area contributed by atoms with E-state index in [2.05, 4.69) is 16.0 Å². The summed E-state index contributed by atoms with van der Waals surface area (Å²) >= 11 is 0. The van der Waals surface area contributed by atoms with E-state index < -0.39 is 5.91 Å². The van der Waals surface area contributed by atoms with Crippen molar-refractivity contribution >= 4 is 23.4 Å². The van der Waals surface area contributed by atoms with E-state index in [4.69, 9.17) is 0 Å². The summed E-state index contributed by atoms with van der Waals surface area (Å²) in [6, 6.07) is 4.97. The lowest BCUT2D eigenvalue weighted by atomic mass is 10.0. The highest BCUT2D eigenvalue weighted by atomic mass is 16.2. The van der Waals surface area contributed by atoms with E-state index in [0.29, 0.717) is 23.2 Å². The second kappa shape index (κ2) is 5.65. The van der Waals surface area contributed by atoms with Crippen LogP contribution in [-0.4, -0.2) is 30.3 Å². The van der Waals surface area contributed by atoms with Gasteiger partial charge >= 0.3 is 0 Å². The Kier molecular flexibility index (Phi) is 3.70. The van der Waals surface area contributed by atoms with Crippen LogP contribution >= 0.6 is 0 Å². The Morgan fingerprint density at radius 3 is 2.76 bits per heavy atom. The predicted molar refractivity (Wildman–Crippen MR) is 77.1 cm³/mol. The summed E-state index contributed by atoms with van der Waals surface area (Å²) in [5.74, 6) is -0.890. The van der Waals surface area contributed by atoms with Gasteiger partial charge in [-0.05, 0) is 37.6 Å². The van der Waals surface area contributed by atoms with Crippen molar-refractivity contribution in [1.29, 1.82) is 0 Å². The second-order valence-electron chi connectivity index (χ2n) is 5.44. The number of imide groups is 1. The molecule has 1 saturated heterocycles. The van der Waals surface area contributed by atoms with E-state index in [1.54, 1.807) is 18.2 Å². The van der Waals surface area contributed by atoms with Gasteiger partial charge in [-0.15, -0.1) is 0 Å². The number of anilines is 1. The topological polar surface area (TPSA) is 87.3 Å². The zero-order chi connectivity index (χ0) is 14.8. The van der Waals surface area contributed by atoms with E-state index in [-0.39, 0.29) is 17.9 Å². The Bertz CT molecular complexity index is 606. The zero-order valence-electron chi connectivity index (χ0n) is 11.6. The summed E-state index contributed by atoms with van der Waals surface area (Å²) in [4.78, 5) is 35.0. The average Bonchev–Trinajstić information content (AvgIpc) is 2.74. The second-order valence-corrected chi connectivity index (χ2v) is 5.44. The summed E-state index contributed by atoms with van der Waals surface area (Å²) in [6.45, 7) is 0.957. The van der Waals surface area contributed by atoms with Gasteiger partial charge in [-0.1, -0.05) is 6.42 Å². The normalized spacial score (nSPS) is 20.9. The fourth-order valence-electron chi connectivity index (χ4n) is 2.78. The molecule has 0 radical (unpaired) electrons. The van der Waals surface area contributed by atoms with Gasteiger partial charge in [-0.3, -0.25) is 19.7 Å². The Morgan fingerprint density at radius 1 is 1.19 bits per heavy atom. The number of carbonyl (C=O) groups is 3. The molecule has 0 spiro atoms. The van der Waals surface area contributed by atoms with E-state index in [1.807, 2.05) is 0 Å². The molecule has 3 N–H and O–H groups in total. The lowest BCUT2D eigenvalue weighted by Gasteiger charge is -2.22. The predicted octanol–water partition coefficient (Wildman–Crippen LogP) is 1.04. The molecule has 110 valence electrons. The van der Waals surface area contributed by atoms with Crippen molar-refractivity contribution in [3.63, 3.8) is 0 Å². The van der Waals surface area contributed by atoms with Gasteiger partial charge in [0.1, 0.15) is 0 Å². The number of amides is 3. The first-order chi connectivity index (χ1) is 10.1. The number of hydrogen-bond acceptors (Lipinski definition) is 4. The van der Waals surface area contributed by atoms with E-state index >= 15 is 0 Å². The van der Waals surface area contributed by atoms with Crippen LogP contribution in [0.4, 0.5) is 5.69 Å². The van der Waals surface area contributed by atoms with E-state index in [9.17, 15) is 14.4 Å². The maximum absolute atomic E-state index is 12.0. The molecule has 2 heterocycles. The molecule has 1 aromatic carbocycles. The summed E-state index contributed by atoms with van der Waals surface area (Å²) in [7, 11) is 0. The van der Waals surface area contributed by atoms with Crippen LogP contribution < -0.4 is 16.0 Å². The van der Waals surface area contributed by atoms with Crippen molar-refractivity contribution in [2.45, 2.75) is 31.7 Å². The molecular weight excluding hydrogens is 270 g/mol. The number of rotatable bonds is 3. The van der Waals surface area contributed by atoms with Crippen molar-refractivity contribution in [3.05, 3.63) is 29.3 Å². The van der Waals surface area contributed by atoms with Crippen molar-refractivity contribution in [1.82, 2.24) is 10.6 Å². The van der Waals surface area contributed by atoms with Crippen LogP contribution in [0.1, 0.15) is 46.4 Å². The third-order valence-electron chi connectivity index (χ3n) is 3.86. The Hall–Kier alpha value is -2.21. The Labute approximate surface area is 122 Å². The number of benzene rings is 1. The fraction of sp³-hybridized carbons (Fsp3) is 0.400. The smallest absolute Gasteiger partial charge is 0.259 e. The third-order valence-corrected chi connectivity index (χ3v) is 3.86. The maximum atomic E-state index is 12.0. The van der Waals surface area contributed by atoms with Crippen molar-refractivity contribution in [3.8, 4) is 0 Å². The quantitative estimate of drug-likeness (QED) is 0.725. The first-order valence-electron chi connectivity index (χ1n) is 7.16. The molecule has 1 aromatic rings. The minimum atomic E-state index is -0.417. The number of carbonyl (C=O) groups excluding carboxylic acids is 3. The van der Waals surface area contributed by atoms with Gasteiger partial charge in [0.15, 0.2) is 0 Å². The minimum absolute atomic E-state index is 0.0842. The number of piperidine rings is 1. The minimum Gasteiger partial charge on any atom is -0.326 e. The maximum Gasteiger partial charge on any atom is 0.259 e. The van der Waals surface area contributed by atoms with Crippen molar-refractivity contribution in [2.24, 2.45) is 0 Å². The summed E-state index contributed by atoms with van der Waals surface area (Å²) in [6.07, 6.45) is 3.73. The first kappa shape index (κ1) is 13.8. The van der Waals surface area contributed by atoms with Gasteiger partial charge in [0.25, 0.3) is 11.8 Å². The molecule has 1 atom stereocenters. The van der Waals surface area contributed by atoms with Crippen LogP contribution in [0.3, 0.4) is 0 Å². The summed E-state index contributed by atoms with van der Waals surface area (Å²) in [5, 5.41) is 8.33. The number of hydrogen-bond donors (Lipinski definition) is 3. The standard InChI is InChI=1S/C15H17N3O3/c19-13(8-9-3-1-2-6-16-9)17-10-4-5-11-12(7-10)15(21)18-14(11)20/h4-5,7,9,16H,1-3,6,8H2,(H,17,19)(H,18,20,21). The Morgan fingerprint density at radius 2 is 2.00 bits per heavy atom. The molecule has 21 heavy (non-hydrogen) atoms. The molecule has 1 fully saturated rings. The van der Waals surface area contributed by atoms with Crippen LogP contribution in [0, 0.1) is 0 Å². The highest BCUT2D eigenvalue weighted by molar-refractivity contribution is 6.22. The molecular formula is C15H17N3O3. The summed E-state index contributed by atoms with van der Waals surface area (Å²) in [5.41, 5.74) is 1.21. The molecule has 0 saturated carbocycles. The Balaban J connectivity index is 1.65. The van der Waals surface area contributed by atoms with Crippen LogP contribution in [0.2, 0.25) is 0 Å². The van der Waals surface area contributed by atoms with Crippen LogP contribution in [-0.2, 0) is 4.79 Å². The number of fused-ring (bicyclic) bond motifs is 1. The molecule has 6 heteroatoms. The van der Waals surface area contributed by atoms with Crippen LogP contribution in [0.25, 0.3) is 0 Å². The van der Waals surface area contributed by atoms with Gasteiger partial charge in [-0.2, -0.15) is 0 Å². The molecule has 0 bridgehead atoms. The van der Waals surface area contributed by atoms with Gasteiger partial charge in [0.2, 0.25) is 5.91 Å². The fourth-order valence-corrected chi connectivity index (χ4v) is 2.78. The zero-order valence-corrected chi connectivity index (χ0v) is 11.6. The van der Waals surface area contributed by atoms with Gasteiger partial charge in [0.05, 0.1) is 11.1 Å². The monoisotopic (exact) mass is 287 g/mol. The van der Waals surface area contributed by atoms with Crippen molar-refractivity contribution in [2.75, 3.05) is 11.9 Å². The third kappa shape index (κ3) is 2.95. The first-order valence-corrected chi connectivity index (χ1v) is 7.16. The molecule has 0 aromatic heterocycles. The lowest BCUT2D eigenvalue weighted by Crippen LogP contribution is -2.36. The van der Waals surface area contributed by atoms with Crippen LogP contribution in [0.5, 0.6) is 0 Å². The summed E-state index contributed by atoms with van der Waals surface area (Å²) < 4.78 is 0. The molecule has 1 unspecified atom stereocenters. The molecule has 3 rings (SSSR count). The van der Waals surface area contributed by atoms with Gasteiger partial charge in [-0.25, -0.2) is 0 Å². The average molecular weight is 287 g/mol. The molecule has 2 aliphatic heterocycles. The molecule has 0 aliphatic carbocycles. The van der Waals surface area contributed by atoms with Gasteiger partial charge in [0, 0.05) is 18.2 Å². The highest BCUT2D eigenvalue weighted by Gasteiger charge is 2.27.